The van der Waals surface area contributed by atoms with E-state index in [0.29, 0.717) is 17.0 Å². The first-order valence-corrected chi connectivity index (χ1v) is 4.28. The predicted octanol–water partition coefficient (Wildman–Crippen LogP) is -0.639. The summed E-state index contributed by atoms with van der Waals surface area (Å²) in [6.45, 7) is 0. The molecule has 0 aliphatic rings. The minimum atomic E-state index is -0.315. The molecule has 7 heteroatoms. The van der Waals surface area contributed by atoms with E-state index in [2.05, 4.69) is 19.9 Å². The van der Waals surface area contributed by atoms with E-state index in [1.165, 1.54) is 6.20 Å². The van der Waals surface area contributed by atoms with Crippen LogP contribution in [0.15, 0.2) is 11.0 Å². The monoisotopic (exact) mass is 206 g/mol. The van der Waals surface area contributed by atoms with Gasteiger partial charge in [0.15, 0.2) is 11.5 Å². The molecule has 2 heterocycles. The number of H-pyrrole nitrogens is 1. The number of nitrogens with zero attached hydrogens (tertiary/aromatic N) is 4. The molecule has 2 aromatic heterocycles. The van der Waals surface area contributed by atoms with Crippen LogP contribution in [0.5, 0.6) is 0 Å². The summed E-state index contributed by atoms with van der Waals surface area (Å²) in [4.78, 5) is 27.3. The summed E-state index contributed by atoms with van der Waals surface area (Å²) < 4.78 is 0. The molecule has 0 spiro atoms. The fraction of sp³-hybridized carbons (Fsp3) is 0.250. The Morgan fingerprint density at radius 1 is 1.40 bits per heavy atom. The number of fused-ring (bicyclic) bond motifs is 1. The first kappa shape index (κ1) is 9.38. The van der Waals surface area contributed by atoms with E-state index in [0.717, 1.165) is 0 Å². The van der Waals surface area contributed by atoms with Gasteiger partial charge >= 0.3 is 0 Å². The average molecular weight is 206 g/mol. The Morgan fingerprint density at radius 3 is 2.80 bits per heavy atom. The van der Waals surface area contributed by atoms with Gasteiger partial charge in [-0.3, -0.25) is 4.79 Å². The molecule has 0 bridgehead atoms. The maximum absolute atomic E-state index is 11.0. The van der Waals surface area contributed by atoms with Crippen LogP contribution >= 0.6 is 0 Å². The average Bonchev–Trinajstić information content (AvgIpc) is 2.15. The van der Waals surface area contributed by atoms with Gasteiger partial charge in [-0.2, -0.15) is 9.97 Å². The molecule has 2 rings (SSSR count). The molecule has 0 saturated carbocycles. The molecule has 2 aromatic rings. The van der Waals surface area contributed by atoms with Gasteiger partial charge in [-0.25, -0.2) is 4.98 Å². The summed E-state index contributed by atoms with van der Waals surface area (Å²) in [5.74, 6) is 0.684. The Labute approximate surface area is 85.0 Å². The van der Waals surface area contributed by atoms with E-state index >= 15 is 0 Å². The molecule has 0 unspecified atom stereocenters. The van der Waals surface area contributed by atoms with Gasteiger partial charge in [-0.1, -0.05) is 0 Å². The van der Waals surface area contributed by atoms with Crippen LogP contribution in [-0.4, -0.2) is 34.0 Å². The molecule has 0 saturated heterocycles. The SMILES string of the molecule is CN(C)c1nc(N)nc2[nH]c(=O)cnc12. The summed E-state index contributed by atoms with van der Waals surface area (Å²) in [5.41, 5.74) is 6.07. The second-order valence-electron chi connectivity index (χ2n) is 3.24. The Hall–Kier alpha value is -2.18. The van der Waals surface area contributed by atoms with Crippen LogP contribution in [0.25, 0.3) is 11.2 Å². The summed E-state index contributed by atoms with van der Waals surface area (Å²) >= 11 is 0. The second-order valence-corrected chi connectivity index (χ2v) is 3.24. The van der Waals surface area contributed by atoms with Crippen LogP contribution in [0.4, 0.5) is 11.8 Å². The third-order valence-electron chi connectivity index (χ3n) is 1.86. The Morgan fingerprint density at radius 2 is 2.13 bits per heavy atom. The summed E-state index contributed by atoms with van der Waals surface area (Å²) in [7, 11) is 3.63. The number of nitrogens with one attached hydrogen (secondary N) is 1. The molecule has 15 heavy (non-hydrogen) atoms. The number of nitrogens with two attached hydrogens (primary N) is 1. The van der Waals surface area contributed by atoms with Crippen molar-refractivity contribution in [2.45, 2.75) is 0 Å². The van der Waals surface area contributed by atoms with Crippen molar-refractivity contribution in [1.29, 1.82) is 0 Å². The normalized spacial score (nSPS) is 10.5. The maximum Gasteiger partial charge on any atom is 0.268 e. The van der Waals surface area contributed by atoms with Gasteiger partial charge in [-0.05, 0) is 0 Å². The first-order chi connectivity index (χ1) is 7.08. The van der Waals surface area contributed by atoms with E-state index in [9.17, 15) is 4.79 Å². The van der Waals surface area contributed by atoms with Crippen molar-refractivity contribution < 1.29 is 0 Å². The molecule has 0 fully saturated rings. The fourth-order valence-corrected chi connectivity index (χ4v) is 1.25. The highest BCUT2D eigenvalue weighted by Crippen LogP contribution is 2.17. The van der Waals surface area contributed by atoms with Crippen LogP contribution < -0.4 is 16.2 Å². The minimum absolute atomic E-state index is 0.106. The molecule has 0 atom stereocenters. The Balaban J connectivity index is 2.86. The number of anilines is 2. The van der Waals surface area contributed by atoms with Crippen molar-refractivity contribution in [3.63, 3.8) is 0 Å². The lowest BCUT2D eigenvalue weighted by Gasteiger charge is -2.12. The molecule has 78 valence electrons. The lowest BCUT2D eigenvalue weighted by atomic mass is 10.4. The third-order valence-corrected chi connectivity index (χ3v) is 1.86. The van der Waals surface area contributed by atoms with Crippen molar-refractivity contribution in [3.05, 3.63) is 16.6 Å². The molecule has 0 aliphatic carbocycles. The van der Waals surface area contributed by atoms with Crippen molar-refractivity contribution in [3.8, 4) is 0 Å². The van der Waals surface area contributed by atoms with Crippen molar-refractivity contribution in [2.75, 3.05) is 24.7 Å². The summed E-state index contributed by atoms with van der Waals surface area (Å²) in [6, 6.07) is 0. The van der Waals surface area contributed by atoms with Crippen LogP contribution in [0.3, 0.4) is 0 Å². The molecule has 0 radical (unpaired) electrons. The lowest BCUT2D eigenvalue weighted by molar-refractivity contribution is 1.04. The number of rotatable bonds is 1. The first-order valence-electron chi connectivity index (χ1n) is 4.28. The molecular formula is C8H10N6O. The quantitative estimate of drug-likeness (QED) is 0.643. The van der Waals surface area contributed by atoms with Gasteiger partial charge in [0.2, 0.25) is 5.95 Å². The Kier molecular flexibility index (Phi) is 2.00. The highest BCUT2D eigenvalue weighted by Gasteiger charge is 2.09. The van der Waals surface area contributed by atoms with Gasteiger partial charge in [0.05, 0.1) is 6.20 Å². The Bertz CT molecular complexity index is 561. The van der Waals surface area contributed by atoms with E-state index in [-0.39, 0.29) is 11.5 Å². The number of nitrogen functional groups attached to an aromatic ring is 1. The van der Waals surface area contributed by atoms with Crippen LogP contribution in [0, 0.1) is 0 Å². The molecule has 3 N–H and O–H groups in total. The molecule has 0 aromatic carbocycles. The third kappa shape index (κ3) is 1.58. The molecule has 7 nitrogen and oxygen atoms in total. The minimum Gasteiger partial charge on any atom is -0.368 e. The van der Waals surface area contributed by atoms with Gasteiger partial charge in [0.25, 0.3) is 5.56 Å². The number of hydrogen-bond acceptors (Lipinski definition) is 6. The zero-order valence-electron chi connectivity index (χ0n) is 8.35. The van der Waals surface area contributed by atoms with Crippen LogP contribution in [0.2, 0.25) is 0 Å². The lowest BCUT2D eigenvalue weighted by Crippen LogP contribution is -2.16. The van der Waals surface area contributed by atoms with Crippen molar-refractivity contribution >= 4 is 22.9 Å². The van der Waals surface area contributed by atoms with Gasteiger partial charge in [-0.15, -0.1) is 0 Å². The standard InChI is InChI=1S/C8H10N6O/c1-14(2)7-5-6(12-8(9)13-7)11-4(15)3-10-5/h3H,1-2H3,(H3,9,11,12,13,15). The molecule has 0 amide bonds. The zero-order chi connectivity index (χ0) is 11.0. The van der Waals surface area contributed by atoms with Gasteiger partial charge < -0.3 is 15.6 Å². The van der Waals surface area contributed by atoms with Crippen LogP contribution in [0.1, 0.15) is 0 Å². The smallest absolute Gasteiger partial charge is 0.268 e. The number of aromatic nitrogens is 4. The molecular weight excluding hydrogens is 196 g/mol. The fourth-order valence-electron chi connectivity index (χ4n) is 1.25. The molecule has 0 aliphatic heterocycles. The zero-order valence-corrected chi connectivity index (χ0v) is 8.35. The maximum atomic E-state index is 11.0. The van der Waals surface area contributed by atoms with E-state index in [1.807, 2.05) is 14.1 Å². The van der Waals surface area contributed by atoms with Crippen molar-refractivity contribution in [2.24, 2.45) is 0 Å². The predicted molar refractivity (Wildman–Crippen MR) is 56.7 cm³/mol. The van der Waals surface area contributed by atoms with E-state index in [4.69, 9.17) is 5.73 Å². The summed E-state index contributed by atoms with van der Waals surface area (Å²) in [6.07, 6.45) is 1.19. The van der Waals surface area contributed by atoms with E-state index < -0.39 is 0 Å². The van der Waals surface area contributed by atoms with Crippen molar-refractivity contribution in [1.82, 2.24) is 19.9 Å². The van der Waals surface area contributed by atoms with Crippen LogP contribution in [-0.2, 0) is 0 Å². The van der Waals surface area contributed by atoms with E-state index in [1.54, 1.807) is 4.90 Å². The number of aromatic amines is 1. The number of hydrogen-bond donors (Lipinski definition) is 2. The highest BCUT2D eigenvalue weighted by atomic mass is 16.1. The van der Waals surface area contributed by atoms with Gasteiger partial charge in [0.1, 0.15) is 5.52 Å². The topological polar surface area (TPSA) is 101 Å². The second kappa shape index (κ2) is 3.19. The van der Waals surface area contributed by atoms with Gasteiger partial charge in [0, 0.05) is 14.1 Å². The largest absolute Gasteiger partial charge is 0.368 e. The summed E-state index contributed by atoms with van der Waals surface area (Å²) in [5, 5.41) is 0. The highest BCUT2D eigenvalue weighted by molar-refractivity contribution is 5.83.